The molecule has 0 aromatic heterocycles. The average Bonchev–Trinajstić information content (AvgIpc) is 2.67. The van der Waals surface area contributed by atoms with E-state index >= 15 is 0 Å². The largest absolute Gasteiger partial charge is 0.311 e. The molecule has 2 atom stereocenters. The summed E-state index contributed by atoms with van der Waals surface area (Å²) < 4.78 is 0. The molecule has 2 saturated carbocycles. The van der Waals surface area contributed by atoms with Crippen molar-refractivity contribution < 1.29 is 0 Å². The van der Waals surface area contributed by atoms with Crippen LogP contribution in [0.2, 0.25) is 0 Å². The normalized spacial score (nSPS) is 40.1. The van der Waals surface area contributed by atoms with Crippen molar-refractivity contribution in [3.63, 3.8) is 0 Å². The molecule has 2 rings (SSSR count). The van der Waals surface area contributed by atoms with E-state index in [1.54, 1.807) is 0 Å². The monoisotopic (exact) mass is 223 g/mol. The fourth-order valence-corrected chi connectivity index (χ4v) is 3.72. The van der Waals surface area contributed by atoms with Crippen LogP contribution in [0.5, 0.6) is 0 Å². The summed E-state index contributed by atoms with van der Waals surface area (Å²) in [5.41, 5.74) is 0. The molecule has 1 heteroatoms. The molecular formula is C15H29N. The number of hydrogen-bond donors (Lipinski definition) is 1. The molecular weight excluding hydrogens is 194 g/mol. The summed E-state index contributed by atoms with van der Waals surface area (Å²) in [6.07, 6.45) is 13.0. The molecule has 0 saturated heterocycles. The highest BCUT2D eigenvalue weighted by Crippen LogP contribution is 2.30. The average molecular weight is 223 g/mol. The lowest BCUT2D eigenvalue weighted by atomic mass is 9.83. The van der Waals surface area contributed by atoms with Crippen molar-refractivity contribution in [1.29, 1.82) is 0 Å². The fourth-order valence-electron chi connectivity index (χ4n) is 3.72. The lowest BCUT2D eigenvalue weighted by Crippen LogP contribution is -2.39. The molecule has 0 heterocycles. The van der Waals surface area contributed by atoms with Gasteiger partial charge in [0.05, 0.1) is 0 Å². The Morgan fingerprint density at radius 1 is 0.938 bits per heavy atom. The predicted molar refractivity (Wildman–Crippen MR) is 70.6 cm³/mol. The van der Waals surface area contributed by atoms with E-state index in [2.05, 4.69) is 19.2 Å². The Morgan fingerprint density at radius 3 is 2.19 bits per heavy atom. The summed E-state index contributed by atoms with van der Waals surface area (Å²) in [6.45, 7) is 4.73. The highest BCUT2D eigenvalue weighted by Gasteiger charge is 2.26. The van der Waals surface area contributed by atoms with Gasteiger partial charge in [0.1, 0.15) is 0 Å². The van der Waals surface area contributed by atoms with E-state index < -0.39 is 0 Å². The van der Waals surface area contributed by atoms with Gasteiger partial charge in [-0.1, -0.05) is 26.7 Å². The van der Waals surface area contributed by atoms with Crippen LogP contribution in [0.1, 0.15) is 71.6 Å². The van der Waals surface area contributed by atoms with Gasteiger partial charge in [0, 0.05) is 12.1 Å². The summed E-state index contributed by atoms with van der Waals surface area (Å²) in [7, 11) is 0. The quantitative estimate of drug-likeness (QED) is 0.756. The van der Waals surface area contributed by atoms with E-state index in [1.807, 2.05) is 0 Å². The van der Waals surface area contributed by atoms with Gasteiger partial charge in [0.15, 0.2) is 0 Å². The van der Waals surface area contributed by atoms with Crippen LogP contribution in [0.4, 0.5) is 0 Å². The Morgan fingerprint density at radius 2 is 1.62 bits per heavy atom. The van der Waals surface area contributed by atoms with Crippen LogP contribution >= 0.6 is 0 Å². The zero-order chi connectivity index (χ0) is 11.4. The maximum atomic E-state index is 3.91. The Bertz CT molecular complexity index is 194. The molecule has 2 fully saturated rings. The zero-order valence-electron chi connectivity index (χ0n) is 11.2. The third kappa shape index (κ3) is 3.48. The lowest BCUT2D eigenvalue weighted by molar-refractivity contribution is 0.262. The molecule has 16 heavy (non-hydrogen) atoms. The van der Waals surface area contributed by atoms with Crippen molar-refractivity contribution >= 4 is 0 Å². The van der Waals surface area contributed by atoms with Crippen LogP contribution in [0.3, 0.4) is 0 Å². The van der Waals surface area contributed by atoms with Crippen molar-refractivity contribution in [2.24, 2.45) is 11.8 Å². The minimum absolute atomic E-state index is 0.850. The van der Waals surface area contributed by atoms with Crippen molar-refractivity contribution in [2.75, 3.05) is 0 Å². The van der Waals surface area contributed by atoms with E-state index in [9.17, 15) is 0 Å². The number of hydrogen-bond acceptors (Lipinski definition) is 1. The Kier molecular flexibility index (Phi) is 4.69. The molecule has 2 aliphatic carbocycles. The summed E-state index contributed by atoms with van der Waals surface area (Å²) in [5.74, 6) is 2.01. The first-order valence-corrected chi connectivity index (χ1v) is 7.54. The molecule has 0 aromatic rings. The van der Waals surface area contributed by atoms with Gasteiger partial charge in [0.2, 0.25) is 0 Å². The number of nitrogens with one attached hydrogen (secondary N) is 1. The third-order valence-corrected chi connectivity index (χ3v) is 4.71. The van der Waals surface area contributed by atoms with Gasteiger partial charge in [-0.25, -0.2) is 0 Å². The van der Waals surface area contributed by atoms with Gasteiger partial charge in [0.25, 0.3) is 0 Å². The van der Waals surface area contributed by atoms with Crippen molar-refractivity contribution in [3.8, 4) is 0 Å². The molecule has 2 unspecified atom stereocenters. The first-order valence-electron chi connectivity index (χ1n) is 7.54. The van der Waals surface area contributed by atoms with E-state index in [1.165, 1.54) is 57.8 Å². The Hall–Kier alpha value is -0.0400. The minimum atomic E-state index is 0.850. The predicted octanol–water partition coefficient (Wildman–Crippen LogP) is 4.12. The van der Waals surface area contributed by atoms with Crippen molar-refractivity contribution in [3.05, 3.63) is 0 Å². The van der Waals surface area contributed by atoms with Gasteiger partial charge in [-0.05, 0) is 56.8 Å². The highest BCUT2D eigenvalue weighted by atomic mass is 15.0. The van der Waals surface area contributed by atoms with E-state index in [4.69, 9.17) is 0 Å². The summed E-state index contributed by atoms with van der Waals surface area (Å²) in [5, 5.41) is 3.91. The maximum Gasteiger partial charge on any atom is 0.00722 e. The second-order valence-electron chi connectivity index (χ2n) is 6.29. The molecule has 2 aliphatic rings. The summed E-state index contributed by atoms with van der Waals surface area (Å²) in [6, 6.07) is 1.70. The molecule has 0 spiro atoms. The molecule has 0 aromatic carbocycles. The Labute approximate surface area is 101 Å². The fraction of sp³-hybridized carbons (Fsp3) is 1.00. The van der Waals surface area contributed by atoms with Crippen molar-refractivity contribution in [2.45, 2.75) is 83.7 Å². The summed E-state index contributed by atoms with van der Waals surface area (Å²) in [4.78, 5) is 0. The minimum Gasteiger partial charge on any atom is -0.311 e. The molecule has 0 aliphatic heterocycles. The van der Waals surface area contributed by atoms with Crippen LogP contribution in [-0.4, -0.2) is 12.1 Å². The molecule has 94 valence electrons. The summed E-state index contributed by atoms with van der Waals surface area (Å²) >= 11 is 0. The Balaban J connectivity index is 1.65. The third-order valence-electron chi connectivity index (χ3n) is 4.71. The standard InChI is InChI=1S/C15H29N/c1-3-4-13-6-9-14(10-7-13)16-15-8-5-12(2)11-15/h12-16H,3-11H2,1-2H3. The van der Waals surface area contributed by atoms with E-state index in [-0.39, 0.29) is 0 Å². The van der Waals surface area contributed by atoms with Gasteiger partial charge >= 0.3 is 0 Å². The van der Waals surface area contributed by atoms with Gasteiger partial charge in [-0.2, -0.15) is 0 Å². The lowest BCUT2D eigenvalue weighted by Gasteiger charge is -2.31. The second kappa shape index (κ2) is 6.05. The highest BCUT2D eigenvalue weighted by molar-refractivity contribution is 4.84. The molecule has 0 amide bonds. The number of rotatable bonds is 4. The van der Waals surface area contributed by atoms with Gasteiger partial charge < -0.3 is 5.32 Å². The van der Waals surface area contributed by atoms with Crippen LogP contribution in [0.15, 0.2) is 0 Å². The van der Waals surface area contributed by atoms with E-state index in [0.717, 1.165) is 23.9 Å². The van der Waals surface area contributed by atoms with Crippen LogP contribution in [-0.2, 0) is 0 Å². The van der Waals surface area contributed by atoms with Crippen LogP contribution in [0.25, 0.3) is 0 Å². The molecule has 1 nitrogen and oxygen atoms in total. The van der Waals surface area contributed by atoms with Gasteiger partial charge in [-0.3, -0.25) is 0 Å². The van der Waals surface area contributed by atoms with Crippen LogP contribution in [0, 0.1) is 11.8 Å². The topological polar surface area (TPSA) is 12.0 Å². The van der Waals surface area contributed by atoms with Crippen LogP contribution < -0.4 is 5.32 Å². The first kappa shape index (κ1) is 12.4. The molecule has 1 N–H and O–H groups in total. The second-order valence-corrected chi connectivity index (χ2v) is 6.29. The smallest absolute Gasteiger partial charge is 0.00722 e. The molecule has 0 radical (unpaired) electrons. The van der Waals surface area contributed by atoms with Crippen molar-refractivity contribution in [1.82, 2.24) is 5.32 Å². The SMILES string of the molecule is CCCC1CCC(NC2CCC(C)C2)CC1. The molecule has 0 bridgehead atoms. The van der Waals surface area contributed by atoms with E-state index in [0.29, 0.717) is 0 Å². The first-order chi connectivity index (χ1) is 7.78. The maximum absolute atomic E-state index is 3.91. The zero-order valence-corrected chi connectivity index (χ0v) is 11.2. The van der Waals surface area contributed by atoms with Gasteiger partial charge in [-0.15, -0.1) is 0 Å².